The molecule has 8 nitrogen and oxygen atoms in total. The zero-order valence-corrected chi connectivity index (χ0v) is 32.3. The topological polar surface area (TPSA) is 127 Å². The molecule has 12 atom stereocenters. The Morgan fingerprint density at radius 3 is 1.94 bits per heavy atom. The van der Waals surface area contributed by atoms with Gasteiger partial charge in [-0.25, -0.2) is 0 Å². The molecule has 5 rings (SSSR count). The average Bonchev–Trinajstić information content (AvgIpc) is 3.37. The van der Waals surface area contributed by atoms with Crippen LogP contribution in [0.25, 0.3) is 0 Å². The van der Waals surface area contributed by atoms with E-state index in [0.29, 0.717) is 36.2 Å². The third kappa shape index (κ3) is 6.68. The SMILES string of the molecule is C=C(C)[C@@H]1CC[C@]2(COC(=O)CC(C)CC(=O)O)CC[C@]3(C)[C@H](CC[C@@H]4[C@@]5(C)CCC(OC(=O)CC(C)CC(=O)O)C(C)(C)[C@@H]5CC[C@]43C)[C@@H]12. The van der Waals surface area contributed by atoms with Crippen molar-refractivity contribution in [3.05, 3.63) is 12.2 Å². The van der Waals surface area contributed by atoms with Gasteiger partial charge in [-0.1, -0.05) is 60.6 Å². The van der Waals surface area contributed by atoms with E-state index < -0.39 is 11.9 Å². The van der Waals surface area contributed by atoms with Crippen molar-refractivity contribution in [3.63, 3.8) is 0 Å². The van der Waals surface area contributed by atoms with E-state index in [1.165, 1.54) is 18.4 Å². The number of esters is 2. The van der Waals surface area contributed by atoms with Gasteiger partial charge in [0.05, 0.1) is 6.61 Å². The molecule has 0 aromatic heterocycles. The van der Waals surface area contributed by atoms with Gasteiger partial charge in [0.15, 0.2) is 0 Å². The monoisotopic (exact) mass is 698 g/mol. The predicted octanol–water partition coefficient (Wildman–Crippen LogP) is 9.10. The number of ether oxygens (including phenoxy) is 2. The van der Waals surface area contributed by atoms with Crippen LogP contribution in [-0.4, -0.2) is 46.8 Å². The highest BCUT2D eigenvalue weighted by molar-refractivity contribution is 5.73. The molecule has 0 aliphatic heterocycles. The number of fused-ring (bicyclic) bond motifs is 7. The Hall–Kier alpha value is -2.38. The number of allylic oxidation sites excluding steroid dienone is 1. The third-order valence-corrected chi connectivity index (χ3v) is 16.0. The van der Waals surface area contributed by atoms with Crippen molar-refractivity contribution in [1.82, 2.24) is 0 Å². The van der Waals surface area contributed by atoms with E-state index in [9.17, 15) is 24.3 Å². The summed E-state index contributed by atoms with van der Waals surface area (Å²) in [5.74, 6) is -0.482. The Bertz CT molecular complexity index is 1350. The van der Waals surface area contributed by atoms with Gasteiger partial charge in [-0.05, 0) is 129 Å². The van der Waals surface area contributed by atoms with Crippen LogP contribution in [0.1, 0.15) is 145 Å². The molecular formula is C42H66O8. The molecule has 0 amide bonds. The minimum Gasteiger partial charge on any atom is -0.481 e. The average molecular weight is 699 g/mol. The highest BCUT2D eigenvalue weighted by atomic mass is 16.5. The summed E-state index contributed by atoms with van der Waals surface area (Å²) in [5.41, 5.74) is 1.44. The fourth-order valence-electron chi connectivity index (χ4n) is 13.5. The van der Waals surface area contributed by atoms with Gasteiger partial charge in [-0.3, -0.25) is 19.2 Å². The van der Waals surface area contributed by atoms with Gasteiger partial charge in [0, 0.05) is 36.5 Å². The maximum Gasteiger partial charge on any atom is 0.306 e. The summed E-state index contributed by atoms with van der Waals surface area (Å²) in [6.45, 7) is 23.1. The van der Waals surface area contributed by atoms with E-state index >= 15 is 0 Å². The summed E-state index contributed by atoms with van der Waals surface area (Å²) >= 11 is 0. The lowest BCUT2D eigenvalue weighted by Crippen LogP contribution is -2.67. The van der Waals surface area contributed by atoms with E-state index in [-0.39, 0.29) is 82.6 Å². The van der Waals surface area contributed by atoms with Gasteiger partial charge in [-0.15, -0.1) is 0 Å². The highest BCUT2D eigenvalue weighted by Crippen LogP contribution is 2.77. The normalized spacial score (nSPS) is 41.3. The molecule has 0 aromatic carbocycles. The fourth-order valence-corrected chi connectivity index (χ4v) is 13.5. The molecule has 3 unspecified atom stereocenters. The summed E-state index contributed by atoms with van der Waals surface area (Å²) in [7, 11) is 0. The van der Waals surface area contributed by atoms with Crippen LogP contribution in [0.3, 0.4) is 0 Å². The van der Waals surface area contributed by atoms with Crippen molar-refractivity contribution in [2.24, 2.45) is 68.5 Å². The van der Waals surface area contributed by atoms with Crippen LogP contribution in [0, 0.1) is 68.5 Å². The number of hydrogen-bond donors (Lipinski definition) is 2. The summed E-state index contributed by atoms with van der Waals surface area (Å²) in [6, 6.07) is 0. The first kappa shape index (κ1) is 38.8. The fraction of sp³-hybridized carbons (Fsp3) is 0.857. The molecule has 0 bridgehead atoms. The van der Waals surface area contributed by atoms with Gasteiger partial charge in [0.25, 0.3) is 0 Å². The maximum absolute atomic E-state index is 13.0. The number of hydrogen-bond acceptors (Lipinski definition) is 6. The highest BCUT2D eigenvalue weighted by Gasteiger charge is 2.71. The molecule has 2 N–H and O–H groups in total. The summed E-state index contributed by atoms with van der Waals surface area (Å²) in [5, 5.41) is 18.3. The first-order valence-electron chi connectivity index (χ1n) is 19.6. The number of rotatable bonds is 12. The van der Waals surface area contributed by atoms with Crippen molar-refractivity contribution in [2.75, 3.05) is 6.61 Å². The van der Waals surface area contributed by atoms with E-state index in [4.69, 9.17) is 14.6 Å². The van der Waals surface area contributed by atoms with Gasteiger partial charge in [0.2, 0.25) is 0 Å². The van der Waals surface area contributed by atoms with Crippen molar-refractivity contribution in [3.8, 4) is 0 Å². The minimum absolute atomic E-state index is 0.0298. The standard InChI is InChI=1S/C42H66O8/c1-25(2)28-12-17-42(24-49-35(47)22-26(3)20-33(43)44)19-18-40(8)29(37(28)42)10-11-31-39(7)15-14-32(50-36(48)23-27(4)21-34(45)46)38(5,6)30(39)13-16-41(31,40)9/h26-32,37H,1,10-24H2,2-9H3,(H,43,44)(H,45,46)/t26?,27?,28-,29+,30-,31+,32?,37+,39-,40+,41+,42+/m0/s1. The van der Waals surface area contributed by atoms with E-state index in [1.54, 1.807) is 13.8 Å². The Kier molecular flexibility index (Phi) is 10.8. The second-order valence-electron chi connectivity index (χ2n) is 19.4. The first-order valence-corrected chi connectivity index (χ1v) is 19.6. The third-order valence-electron chi connectivity index (χ3n) is 16.0. The van der Waals surface area contributed by atoms with Crippen molar-refractivity contribution in [1.29, 1.82) is 0 Å². The first-order chi connectivity index (χ1) is 23.2. The zero-order chi connectivity index (χ0) is 37.0. The Morgan fingerprint density at radius 1 is 0.720 bits per heavy atom. The molecule has 5 aliphatic carbocycles. The van der Waals surface area contributed by atoms with Crippen molar-refractivity contribution >= 4 is 23.9 Å². The van der Waals surface area contributed by atoms with Crippen LogP contribution < -0.4 is 0 Å². The molecular weight excluding hydrogens is 632 g/mol. The number of aliphatic carboxylic acids is 2. The predicted molar refractivity (Wildman–Crippen MR) is 192 cm³/mol. The molecule has 50 heavy (non-hydrogen) atoms. The molecule has 0 spiro atoms. The molecule has 5 aliphatic rings. The summed E-state index contributed by atoms with van der Waals surface area (Å²) in [6.07, 6.45) is 10.8. The largest absolute Gasteiger partial charge is 0.481 e. The summed E-state index contributed by atoms with van der Waals surface area (Å²) in [4.78, 5) is 48.3. The lowest BCUT2D eigenvalue weighted by molar-refractivity contribution is -0.252. The minimum atomic E-state index is -0.887. The number of carbonyl (C=O) groups is 4. The van der Waals surface area contributed by atoms with Crippen LogP contribution in [0.4, 0.5) is 0 Å². The number of carboxylic acid groups (broad SMARTS) is 2. The van der Waals surface area contributed by atoms with Gasteiger partial charge in [-0.2, -0.15) is 0 Å². The van der Waals surface area contributed by atoms with Crippen LogP contribution in [-0.2, 0) is 28.7 Å². The van der Waals surface area contributed by atoms with Crippen LogP contribution in [0.5, 0.6) is 0 Å². The number of carbonyl (C=O) groups excluding carboxylic acids is 2. The van der Waals surface area contributed by atoms with Crippen LogP contribution in [0.2, 0.25) is 0 Å². The Labute approximate surface area is 300 Å². The second-order valence-corrected chi connectivity index (χ2v) is 19.4. The molecule has 5 fully saturated rings. The van der Waals surface area contributed by atoms with E-state index in [2.05, 4.69) is 48.1 Å². The summed E-state index contributed by atoms with van der Waals surface area (Å²) < 4.78 is 12.3. The zero-order valence-electron chi connectivity index (χ0n) is 32.3. The molecule has 0 heterocycles. The Morgan fingerprint density at radius 2 is 1.34 bits per heavy atom. The Balaban J connectivity index is 1.35. The lowest BCUT2D eigenvalue weighted by atomic mass is 9.32. The van der Waals surface area contributed by atoms with E-state index in [0.717, 1.165) is 51.4 Å². The molecule has 8 heteroatoms. The number of carboxylic acids is 2. The molecule has 0 saturated heterocycles. The van der Waals surface area contributed by atoms with Gasteiger partial charge in [0.1, 0.15) is 6.10 Å². The van der Waals surface area contributed by atoms with Crippen LogP contribution >= 0.6 is 0 Å². The van der Waals surface area contributed by atoms with Crippen molar-refractivity contribution < 1.29 is 38.9 Å². The van der Waals surface area contributed by atoms with Gasteiger partial charge >= 0.3 is 23.9 Å². The molecule has 282 valence electrons. The smallest absolute Gasteiger partial charge is 0.306 e. The van der Waals surface area contributed by atoms with Crippen LogP contribution in [0.15, 0.2) is 12.2 Å². The molecule has 5 saturated carbocycles. The quantitative estimate of drug-likeness (QED) is 0.153. The van der Waals surface area contributed by atoms with Crippen molar-refractivity contribution in [2.45, 2.75) is 151 Å². The second kappa shape index (κ2) is 13.9. The molecule has 0 radical (unpaired) electrons. The maximum atomic E-state index is 13.0. The van der Waals surface area contributed by atoms with Gasteiger partial charge < -0.3 is 19.7 Å². The molecule has 0 aromatic rings. The lowest BCUT2D eigenvalue weighted by Gasteiger charge is -2.73. The van der Waals surface area contributed by atoms with E-state index in [1.807, 2.05) is 0 Å².